The fourth-order valence-corrected chi connectivity index (χ4v) is 7.50. The Hall–Kier alpha value is -6.63. The van der Waals surface area contributed by atoms with Crippen LogP contribution < -0.4 is 10.6 Å². The topological polar surface area (TPSA) is 206 Å². The highest BCUT2D eigenvalue weighted by molar-refractivity contribution is 5.87. The van der Waals surface area contributed by atoms with Gasteiger partial charge < -0.3 is 45.1 Å². The van der Waals surface area contributed by atoms with Gasteiger partial charge in [0.25, 0.3) is 0 Å². The summed E-state index contributed by atoms with van der Waals surface area (Å²) in [5, 5.41) is 14.3. The van der Waals surface area contributed by atoms with Crippen molar-refractivity contribution in [2.24, 2.45) is 11.8 Å². The number of carbonyl (C=O) groups excluding carboxylic acids is 4. The minimum absolute atomic E-state index is 0.0983. The van der Waals surface area contributed by atoms with E-state index in [4.69, 9.17) is 4.74 Å². The number of aromatic nitrogens is 4. The van der Waals surface area contributed by atoms with Crippen molar-refractivity contribution in [3.63, 3.8) is 0 Å². The molecule has 4 unspecified atom stereocenters. The molecule has 6 rings (SSSR count). The zero-order valence-corrected chi connectivity index (χ0v) is 34.1. The van der Waals surface area contributed by atoms with Crippen LogP contribution in [0.3, 0.4) is 0 Å². The number of carbonyl (C=O) groups is 5. The van der Waals surface area contributed by atoms with Crippen LogP contribution in [0.25, 0.3) is 22.5 Å². The molecule has 0 aliphatic carbocycles. The number of likely N-dealkylation sites (tertiary alicyclic amines) is 1. The van der Waals surface area contributed by atoms with Crippen molar-refractivity contribution in [3.8, 4) is 34.4 Å². The number of ether oxygens (including phenoxy) is 1. The number of methoxy groups -OCH3 is 1. The lowest BCUT2D eigenvalue weighted by atomic mass is 10.0. The van der Waals surface area contributed by atoms with Crippen LogP contribution in [0.4, 0.5) is 9.59 Å². The van der Waals surface area contributed by atoms with Crippen molar-refractivity contribution >= 4 is 29.9 Å². The van der Waals surface area contributed by atoms with Gasteiger partial charge in [0.15, 0.2) is 0 Å². The lowest BCUT2D eigenvalue weighted by molar-refractivity contribution is -0.144. The summed E-state index contributed by atoms with van der Waals surface area (Å²) in [5.74, 6) is 6.60. The molecule has 16 heteroatoms. The molecule has 5 N–H and O–H groups in total. The molecule has 2 aliphatic rings. The fraction of sp³-hybridized carbons (Fsp3) is 0.419. The largest absolute Gasteiger partial charge is 0.465 e. The van der Waals surface area contributed by atoms with Gasteiger partial charge in [-0.1, -0.05) is 63.8 Å². The molecular formula is C43H51N9O7. The van der Waals surface area contributed by atoms with Gasteiger partial charge >= 0.3 is 12.2 Å². The minimum Gasteiger partial charge on any atom is -0.465 e. The first-order valence-corrected chi connectivity index (χ1v) is 19.8. The Kier molecular flexibility index (Phi) is 13.0. The van der Waals surface area contributed by atoms with Gasteiger partial charge in [-0.3, -0.25) is 14.4 Å². The standard InChI is InChI=1S/C43H51N9O7/c1-25(2)36(48-42(56)57)40(54)51-19-7-8-34(51)38-44-22-32(46-38)30-15-11-28(12-16-30)9-10-29-13-17-31(18-14-29)33-23-45-39(47-33)35-24-50(27(5)53)20-21-52(35)41(55)37(26(3)4)49-43(58)59-6/h11-18,22-23,25-26,34-37,48H,7-8,19-21,24H2,1-6H3,(H,44,46)(H,45,47)(H,49,58)(H,56,57). The van der Waals surface area contributed by atoms with Crippen LogP contribution in [0.2, 0.25) is 0 Å². The maximum atomic E-state index is 13.8. The maximum absolute atomic E-state index is 13.8. The summed E-state index contributed by atoms with van der Waals surface area (Å²) in [6.07, 6.45) is 3.06. The van der Waals surface area contributed by atoms with Gasteiger partial charge in [-0.15, -0.1) is 0 Å². The van der Waals surface area contributed by atoms with Crippen LogP contribution in [0.15, 0.2) is 60.9 Å². The van der Waals surface area contributed by atoms with Gasteiger partial charge in [-0.25, -0.2) is 19.6 Å². The number of hydrogen-bond donors (Lipinski definition) is 5. The van der Waals surface area contributed by atoms with E-state index in [9.17, 15) is 29.1 Å². The second-order valence-electron chi connectivity index (χ2n) is 15.5. The molecule has 4 atom stereocenters. The number of piperazine rings is 1. The number of aromatic amines is 2. The molecule has 0 spiro atoms. The summed E-state index contributed by atoms with van der Waals surface area (Å²) in [7, 11) is 1.25. The predicted molar refractivity (Wildman–Crippen MR) is 218 cm³/mol. The highest BCUT2D eigenvalue weighted by Gasteiger charge is 2.39. The summed E-state index contributed by atoms with van der Waals surface area (Å²) in [5.41, 5.74) is 4.94. The smallest absolute Gasteiger partial charge is 0.407 e. The van der Waals surface area contributed by atoms with E-state index >= 15 is 0 Å². The van der Waals surface area contributed by atoms with Gasteiger partial charge in [0.1, 0.15) is 29.8 Å². The second-order valence-corrected chi connectivity index (χ2v) is 15.5. The van der Waals surface area contributed by atoms with Crippen molar-refractivity contribution < 1.29 is 33.8 Å². The zero-order valence-electron chi connectivity index (χ0n) is 34.1. The fourth-order valence-electron chi connectivity index (χ4n) is 7.50. The van der Waals surface area contributed by atoms with E-state index in [0.29, 0.717) is 24.7 Å². The van der Waals surface area contributed by atoms with Crippen molar-refractivity contribution in [1.29, 1.82) is 0 Å². The molecule has 0 radical (unpaired) electrons. The van der Waals surface area contributed by atoms with E-state index in [1.807, 2.05) is 76.2 Å². The summed E-state index contributed by atoms with van der Waals surface area (Å²) >= 11 is 0. The van der Waals surface area contributed by atoms with Crippen LogP contribution in [-0.4, -0.2) is 115 Å². The number of nitrogens with zero attached hydrogens (tertiary/aromatic N) is 5. The summed E-state index contributed by atoms with van der Waals surface area (Å²) in [4.78, 5) is 84.0. The third-order valence-electron chi connectivity index (χ3n) is 10.8. The number of rotatable bonds is 10. The summed E-state index contributed by atoms with van der Waals surface area (Å²) < 4.78 is 4.76. The quantitative estimate of drug-likeness (QED) is 0.138. The molecule has 16 nitrogen and oxygen atoms in total. The van der Waals surface area contributed by atoms with E-state index in [-0.39, 0.29) is 48.7 Å². The number of benzene rings is 2. The maximum Gasteiger partial charge on any atom is 0.407 e. The summed E-state index contributed by atoms with van der Waals surface area (Å²) in [6.45, 7) is 10.3. The normalized spacial score (nSPS) is 17.6. The molecule has 2 fully saturated rings. The van der Waals surface area contributed by atoms with Crippen LogP contribution in [0.5, 0.6) is 0 Å². The van der Waals surface area contributed by atoms with Crippen molar-refractivity contribution in [3.05, 3.63) is 83.7 Å². The van der Waals surface area contributed by atoms with Gasteiger partial charge in [0.05, 0.1) is 36.9 Å². The Labute approximate surface area is 343 Å². The molecule has 2 aromatic carbocycles. The number of nitrogens with one attached hydrogen (secondary N) is 4. The first-order valence-electron chi connectivity index (χ1n) is 19.8. The first-order chi connectivity index (χ1) is 28.2. The molecule has 5 amide bonds. The van der Waals surface area contributed by atoms with Crippen LogP contribution >= 0.6 is 0 Å². The van der Waals surface area contributed by atoms with Crippen molar-refractivity contribution in [1.82, 2.24) is 45.3 Å². The predicted octanol–water partition coefficient (Wildman–Crippen LogP) is 4.93. The molecule has 2 aromatic heterocycles. The zero-order chi connectivity index (χ0) is 42.4. The molecule has 2 aliphatic heterocycles. The van der Waals surface area contributed by atoms with Crippen LogP contribution in [0, 0.1) is 23.7 Å². The van der Waals surface area contributed by atoms with Gasteiger partial charge in [0, 0.05) is 44.2 Å². The molecule has 2 saturated heterocycles. The Balaban J connectivity index is 1.11. The molecule has 4 heterocycles. The molecule has 4 aromatic rings. The van der Waals surface area contributed by atoms with Gasteiger partial charge in [0.2, 0.25) is 17.7 Å². The Morgan fingerprint density at radius 2 is 1.24 bits per heavy atom. The molecular weight excluding hydrogens is 755 g/mol. The number of H-pyrrole nitrogens is 2. The highest BCUT2D eigenvalue weighted by Crippen LogP contribution is 2.33. The molecule has 0 bridgehead atoms. The van der Waals surface area contributed by atoms with Gasteiger partial charge in [-0.2, -0.15) is 0 Å². The lowest BCUT2D eigenvalue weighted by Crippen LogP contribution is -2.58. The van der Waals surface area contributed by atoms with E-state index in [0.717, 1.165) is 46.5 Å². The average molecular weight is 806 g/mol. The number of imidazole rings is 2. The first kappa shape index (κ1) is 42.0. The Bertz CT molecular complexity index is 2220. The van der Waals surface area contributed by atoms with E-state index < -0.39 is 30.3 Å². The SMILES string of the molecule is COC(=O)NC(C(=O)N1CCN(C(C)=O)CC1c1ncc(-c2ccc(C#Cc3ccc(-c4cnc(C5CCCN5C(=O)C(NC(=O)O)C(C)C)[nH]4)cc3)cc2)[nH]1)C(C)C. The summed E-state index contributed by atoms with van der Waals surface area (Å²) in [6, 6.07) is 13.0. The average Bonchev–Trinajstić information content (AvgIpc) is 4.02. The van der Waals surface area contributed by atoms with E-state index in [1.54, 1.807) is 27.1 Å². The number of hydrogen-bond acceptors (Lipinski definition) is 8. The Morgan fingerprint density at radius 1 is 0.746 bits per heavy atom. The van der Waals surface area contributed by atoms with Crippen LogP contribution in [-0.2, 0) is 19.1 Å². The third kappa shape index (κ3) is 9.74. The molecule has 59 heavy (non-hydrogen) atoms. The van der Waals surface area contributed by atoms with Gasteiger partial charge in [-0.05, 0) is 60.1 Å². The number of amides is 5. The van der Waals surface area contributed by atoms with Crippen LogP contribution in [0.1, 0.15) is 82.3 Å². The van der Waals surface area contributed by atoms with E-state index in [2.05, 4.69) is 42.4 Å². The number of carboxylic acid groups (broad SMARTS) is 1. The van der Waals surface area contributed by atoms with E-state index in [1.165, 1.54) is 14.0 Å². The molecule has 0 saturated carbocycles. The number of alkyl carbamates (subject to hydrolysis) is 1. The van der Waals surface area contributed by atoms with Crippen molar-refractivity contribution in [2.75, 3.05) is 33.3 Å². The lowest BCUT2D eigenvalue weighted by Gasteiger charge is -2.42. The van der Waals surface area contributed by atoms with Crippen molar-refractivity contribution in [2.45, 2.75) is 71.6 Å². The third-order valence-corrected chi connectivity index (χ3v) is 10.8. The highest BCUT2D eigenvalue weighted by atomic mass is 16.5. The Morgan fingerprint density at radius 3 is 1.71 bits per heavy atom. The monoisotopic (exact) mass is 805 g/mol. The second kappa shape index (κ2) is 18.3. The molecule has 310 valence electrons. The minimum atomic E-state index is -1.22.